The summed E-state index contributed by atoms with van der Waals surface area (Å²) in [5.74, 6) is 1.02. The van der Waals surface area contributed by atoms with Gasteiger partial charge in [-0.2, -0.15) is 0 Å². The Kier molecular flexibility index (Phi) is 4.44. The molecule has 128 valence electrons. The van der Waals surface area contributed by atoms with Gasteiger partial charge in [0.1, 0.15) is 0 Å². The lowest BCUT2D eigenvalue weighted by Crippen LogP contribution is -2.37. The first kappa shape index (κ1) is 15.9. The quantitative estimate of drug-likeness (QED) is 0.871. The largest absolute Gasteiger partial charge is 0.373 e. The number of tetrazole rings is 1. The summed E-state index contributed by atoms with van der Waals surface area (Å²) in [6.07, 6.45) is 10.8. The number of nitrogens with zero attached hydrogens (tertiary/aromatic N) is 4. The highest BCUT2D eigenvalue weighted by atomic mass is 35.5. The number of halogens is 1. The molecule has 2 aliphatic carbocycles. The smallest absolute Gasteiger partial charge is 0.177 e. The molecule has 2 aliphatic rings. The number of nitrogens with one attached hydrogen (secondary N) is 1. The zero-order valence-corrected chi connectivity index (χ0v) is 14.7. The highest BCUT2D eigenvalue weighted by molar-refractivity contribution is 6.30. The summed E-state index contributed by atoms with van der Waals surface area (Å²) in [5, 5.41) is 17.4. The zero-order valence-electron chi connectivity index (χ0n) is 13.9. The van der Waals surface area contributed by atoms with Crippen LogP contribution in [0.2, 0.25) is 5.02 Å². The first-order valence-corrected chi connectivity index (χ1v) is 9.47. The molecule has 1 heterocycles. The molecule has 2 saturated carbocycles. The van der Waals surface area contributed by atoms with Crippen LogP contribution in [0.1, 0.15) is 69.7 Å². The Labute approximate surface area is 147 Å². The Morgan fingerprint density at radius 1 is 1.00 bits per heavy atom. The summed E-state index contributed by atoms with van der Waals surface area (Å²) in [5.41, 5.74) is 0.925. The van der Waals surface area contributed by atoms with Gasteiger partial charge in [0.25, 0.3) is 0 Å². The van der Waals surface area contributed by atoms with Gasteiger partial charge in [0.15, 0.2) is 5.82 Å². The third-order valence-corrected chi connectivity index (χ3v) is 5.78. The summed E-state index contributed by atoms with van der Waals surface area (Å²) >= 11 is 6.03. The third-order valence-electron chi connectivity index (χ3n) is 5.53. The van der Waals surface area contributed by atoms with E-state index in [2.05, 4.69) is 25.5 Å². The van der Waals surface area contributed by atoms with Gasteiger partial charge in [-0.05, 0) is 60.4 Å². The van der Waals surface area contributed by atoms with Gasteiger partial charge in [0, 0.05) is 10.7 Å². The van der Waals surface area contributed by atoms with Crippen molar-refractivity contribution < 1.29 is 0 Å². The zero-order chi connectivity index (χ0) is 16.4. The summed E-state index contributed by atoms with van der Waals surface area (Å²) < 4.78 is 2.12. The minimum Gasteiger partial charge on any atom is -0.373 e. The van der Waals surface area contributed by atoms with E-state index in [1.807, 2.05) is 24.3 Å². The number of hydrogen-bond acceptors (Lipinski definition) is 4. The first-order chi connectivity index (χ1) is 11.8. The van der Waals surface area contributed by atoms with E-state index in [0.717, 1.165) is 29.4 Å². The van der Waals surface area contributed by atoms with Crippen LogP contribution in [0.4, 0.5) is 5.69 Å². The molecular weight excluding hydrogens is 322 g/mol. The van der Waals surface area contributed by atoms with Crippen LogP contribution in [0.25, 0.3) is 0 Å². The van der Waals surface area contributed by atoms with Crippen molar-refractivity contribution in [2.45, 2.75) is 69.4 Å². The standard InChI is InChI=1S/C18H24ClN5/c19-14-8-10-15(11-9-14)20-18(12-4-5-13-18)17-21-22-23-24(17)16-6-2-1-3-7-16/h8-11,16,20H,1-7,12-13H2. The van der Waals surface area contributed by atoms with Crippen LogP contribution < -0.4 is 5.32 Å². The van der Waals surface area contributed by atoms with Crippen LogP contribution in [-0.2, 0) is 5.54 Å². The van der Waals surface area contributed by atoms with Crippen molar-refractivity contribution in [3.8, 4) is 0 Å². The van der Waals surface area contributed by atoms with Crippen molar-refractivity contribution in [1.29, 1.82) is 0 Å². The maximum atomic E-state index is 6.03. The van der Waals surface area contributed by atoms with Crippen molar-refractivity contribution in [3.05, 3.63) is 35.1 Å². The maximum Gasteiger partial charge on any atom is 0.177 e. The number of benzene rings is 1. The predicted molar refractivity (Wildman–Crippen MR) is 95.2 cm³/mol. The molecule has 2 aromatic rings. The van der Waals surface area contributed by atoms with Gasteiger partial charge in [-0.3, -0.25) is 0 Å². The topological polar surface area (TPSA) is 55.6 Å². The molecule has 4 rings (SSSR count). The number of aromatic nitrogens is 4. The van der Waals surface area contributed by atoms with Gasteiger partial charge in [0.2, 0.25) is 0 Å². The van der Waals surface area contributed by atoms with Crippen LogP contribution in [0, 0.1) is 0 Å². The van der Waals surface area contributed by atoms with Crippen molar-refractivity contribution in [3.63, 3.8) is 0 Å². The van der Waals surface area contributed by atoms with Gasteiger partial charge < -0.3 is 5.32 Å². The molecule has 24 heavy (non-hydrogen) atoms. The highest BCUT2D eigenvalue weighted by Gasteiger charge is 2.41. The average molecular weight is 346 g/mol. The predicted octanol–water partition coefficient (Wildman–Crippen LogP) is 4.71. The fourth-order valence-electron chi connectivity index (χ4n) is 4.27. The number of hydrogen-bond donors (Lipinski definition) is 1. The monoisotopic (exact) mass is 345 g/mol. The van der Waals surface area contributed by atoms with E-state index < -0.39 is 0 Å². The lowest BCUT2D eigenvalue weighted by molar-refractivity contribution is 0.298. The second-order valence-corrected chi connectivity index (χ2v) is 7.60. The molecule has 6 heteroatoms. The molecule has 1 aromatic heterocycles. The van der Waals surface area contributed by atoms with Gasteiger partial charge in [-0.1, -0.05) is 43.7 Å². The van der Waals surface area contributed by atoms with Gasteiger partial charge >= 0.3 is 0 Å². The van der Waals surface area contributed by atoms with Crippen molar-refractivity contribution in [1.82, 2.24) is 20.2 Å². The number of anilines is 1. The molecule has 1 aromatic carbocycles. The lowest BCUT2D eigenvalue weighted by Gasteiger charge is -2.32. The molecule has 0 spiro atoms. The Hall–Kier alpha value is -1.62. The van der Waals surface area contributed by atoms with Gasteiger partial charge in [-0.25, -0.2) is 4.68 Å². The second-order valence-electron chi connectivity index (χ2n) is 7.16. The van der Waals surface area contributed by atoms with E-state index in [1.165, 1.54) is 44.9 Å². The Bertz CT molecular complexity index is 669. The van der Waals surface area contributed by atoms with E-state index in [9.17, 15) is 0 Å². The molecule has 0 unspecified atom stereocenters. The highest BCUT2D eigenvalue weighted by Crippen LogP contribution is 2.42. The molecule has 0 amide bonds. The molecular formula is C18H24ClN5. The van der Waals surface area contributed by atoms with E-state index >= 15 is 0 Å². The fraction of sp³-hybridized carbons (Fsp3) is 0.611. The molecule has 2 fully saturated rings. The third kappa shape index (κ3) is 3.02. The molecule has 1 N–H and O–H groups in total. The van der Waals surface area contributed by atoms with Crippen molar-refractivity contribution in [2.75, 3.05) is 5.32 Å². The van der Waals surface area contributed by atoms with Gasteiger partial charge in [-0.15, -0.1) is 5.10 Å². The Balaban J connectivity index is 1.65. The molecule has 5 nitrogen and oxygen atoms in total. The summed E-state index contributed by atoms with van der Waals surface area (Å²) in [7, 11) is 0. The first-order valence-electron chi connectivity index (χ1n) is 9.09. The Morgan fingerprint density at radius 3 is 2.42 bits per heavy atom. The molecule has 0 aliphatic heterocycles. The van der Waals surface area contributed by atoms with Gasteiger partial charge in [0.05, 0.1) is 11.6 Å². The average Bonchev–Trinajstić information content (AvgIpc) is 3.28. The van der Waals surface area contributed by atoms with E-state index in [0.29, 0.717) is 6.04 Å². The normalized spacial score (nSPS) is 21.0. The SMILES string of the molecule is Clc1ccc(NC2(c3nnnn3C3CCCCC3)CCCC2)cc1. The van der Waals surface area contributed by atoms with Crippen LogP contribution in [0.15, 0.2) is 24.3 Å². The molecule has 0 atom stereocenters. The van der Waals surface area contributed by atoms with Crippen molar-refractivity contribution in [2.24, 2.45) is 0 Å². The maximum absolute atomic E-state index is 6.03. The van der Waals surface area contributed by atoms with Crippen LogP contribution in [-0.4, -0.2) is 20.2 Å². The van der Waals surface area contributed by atoms with Crippen LogP contribution in [0.5, 0.6) is 0 Å². The molecule has 0 radical (unpaired) electrons. The van der Waals surface area contributed by atoms with Crippen LogP contribution >= 0.6 is 11.6 Å². The van der Waals surface area contributed by atoms with E-state index in [-0.39, 0.29) is 5.54 Å². The second kappa shape index (κ2) is 6.71. The molecule has 0 saturated heterocycles. The van der Waals surface area contributed by atoms with E-state index in [4.69, 9.17) is 11.6 Å². The molecule has 0 bridgehead atoms. The fourth-order valence-corrected chi connectivity index (χ4v) is 4.40. The lowest BCUT2D eigenvalue weighted by atomic mass is 9.92. The summed E-state index contributed by atoms with van der Waals surface area (Å²) in [4.78, 5) is 0. The minimum absolute atomic E-state index is 0.158. The van der Waals surface area contributed by atoms with Crippen LogP contribution in [0.3, 0.4) is 0 Å². The van der Waals surface area contributed by atoms with Crippen molar-refractivity contribution >= 4 is 17.3 Å². The minimum atomic E-state index is -0.158. The summed E-state index contributed by atoms with van der Waals surface area (Å²) in [6.45, 7) is 0. The number of rotatable bonds is 4. The summed E-state index contributed by atoms with van der Waals surface area (Å²) in [6, 6.07) is 8.38. The Morgan fingerprint density at radius 2 is 1.71 bits per heavy atom. The van der Waals surface area contributed by atoms with E-state index in [1.54, 1.807) is 0 Å².